The summed E-state index contributed by atoms with van der Waals surface area (Å²) in [4.78, 5) is 16.3. The SMILES string of the molecule is CNc1ccc(Cl)c(C(=O)Nc2c(Cl)cc(F)cc2Br)n1. The van der Waals surface area contributed by atoms with Crippen molar-refractivity contribution in [3.8, 4) is 0 Å². The molecule has 21 heavy (non-hydrogen) atoms. The first-order chi connectivity index (χ1) is 9.92. The minimum atomic E-state index is -0.550. The summed E-state index contributed by atoms with van der Waals surface area (Å²) in [6, 6.07) is 5.48. The van der Waals surface area contributed by atoms with E-state index < -0.39 is 11.7 Å². The van der Waals surface area contributed by atoms with E-state index in [4.69, 9.17) is 23.2 Å². The highest BCUT2D eigenvalue weighted by molar-refractivity contribution is 9.10. The van der Waals surface area contributed by atoms with Crippen LogP contribution >= 0.6 is 39.1 Å². The summed E-state index contributed by atoms with van der Waals surface area (Å²) >= 11 is 15.0. The summed E-state index contributed by atoms with van der Waals surface area (Å²) in [5.41, 5.74) is 0.284. The Morgan fingerprint density at radius 1 is 1.29 bits per heavy atom. The van der Waals surface area contributed by atoms with Crippen molar-refractivity contribution in [3.05, 3.63) is 50.3 Å². The number of pyridine rings is 1. The lowest BCUT2D eigenvalue weighted by molar-refractivity contribution is 0.102. The van der Waals surface area contributed by atoms with Crippen LogP contribution in [-0.2, 0) is 0 Å². The zero-order chi connectivity index (χ0) is 15.6. The molecule has 1 aromatic heterocycles. The molecule has 110 valence electrons. The Morgan fingerprint density at radius 3 is 2.62 bits per heavy atom. The number of hydrogen-bond donors (Lipinski definition) is 2. The lowest BCUT2D eigenvalue weighted by Gasteiger charge is -2.11. The highest BCUT2D eigenvalue weighted by atomic mass is 79.9. The van der Waals surface area contributed by atoms with Crippen molar-refractivity contribution >= 4 is 56.5 Å². The second kappa shape index (κ2) is 6.60. The Labute approximate surface area is 138 Å². The lowest BCUT2D eigenvalue weighted by Crippen LogP contribution is -2.15. The maximum Gasteiger partial charge on any atom is 0.275 e. The molecular formula is C13H9BrCl2FN3O. The Morgan fingerprint density at radius 2 is 2.00 bits per heavy atom. The van der Waals surface area contributed by atoms with Gasteiger partial charge in [-0.2, -0.15) is 0 Å². The summed E-state index contributed by atoms with van der Waals surface area (Å²) in [7, 11) is 1.67. The summed E-state index contributed by atoms with van der Waals surface area (Å²) < 4.78 is 13.5. The van der Waals surface area contributed by atoms with Crippen LogP contribution in [0.5, 0.6) is 0 Å². The minimum Gasteiger partial charge on any atom is -0.373 e. The van der Waals surface area contributed by atoms with Crippen LogP contribution in [0.3, 0.4) is 0 Å². The number of aromatic nitrogens is 1. The van der Waals surface area contributed by atoms with Gasteiger partial charge >= 0.3 is 0 Å². The molecule has 4 nitrogen and oxygen atoms in total. The van der Waals surface area contributed by atoms with Crippen LogP contribution in [0.1, 0.15) is 10.5 Å². The fraction of sp³-hybridized carbons (Fsp3) is 0.0769. The standard InChI is InChI=1S/C13H9BrCl2FN3O/c1-18-10-3-2-8(15)12(19-10)13(21)20-11-7(14)4-6(17)5-9(11)16/h2-5H,1H3,(H,18,19)(H,20,21). The molecule has 0 fully saturated rings. The zero-order valence-electron chi connectivity index (χ0n) is 10.7. The van der Waals surface area contributed by atoms with Gasteiger partial charge in [0.1, 0.15) is 17.3 Å². The third kappa shape index (κ3) is 3.64. The van der Waals surface area contributed by atoms with Crippen molar-refractivity contribution in [3.63, 3.8) is 0 Å². The van der Waals surface area contributed by atoms with Crippen LogP contribution in [0.15, 0.2) is 28.7 Å². The monoisotopic (exact) mass is 391 g/mol. The molecule has 0 aliphatic rings. The summed E-state index contributed by atoms with van der Waals surface area (Å²) in [6.07, 6.45) is 0. The van der Waals surface area contributed by atoms with Gasteiger partial charge in [-0.1, -0.05) is 23.2 Å². The van der Waals surface area contributed by atoms with Crippen LogP contribution in [0, 0.1) is 5.82 Å². The van der Waals surface area contributed by atoms with Crippen molar-refractivity contribution in [2.75, 3.05) is 17.7 Å². The molecule has 2 rings (SSSR count). The van der Waals surface area contributed by atoms with Gasteiger partial charge in [0.05, 0.1) is 15.7 Å². The molecule has 0 spiro atoms. The molecule has 2 aromatic rings. The molecule has 8 heteroatoms. The maximum atomic E-state index is 13.2. The Hall–Kier alpha value is -1.37. The number of amides is 1. The molecule has 0 aliphatic heterocycles. The quantitative estimate of drug-likeness (QED) is 0.803. The number of rotatable bonds is 3. The van der Waals surface area contributed by atoms with Crippen molar-refractivity contribution in [2.24, 2.45) is 0 Å². The highest BCUT2D eigenvalue weighted by Gasteiger charge is 2.17. The molecule has 1 aromatic carbocycles. The number of carbonyl (C=O) groups is 1. The van der Waals surface area contributed by atoms with E-state index in [1.165, 1.54) is 6.07 Å². The highest BCUT2D eigenvalue weighted by Crippen LogP contribution is 2.32. The number of hydrogen-bond acceptors (Lipinski definition) is 3. The number of benzene rings is 1. The van der Waals surface area contributed by atoms with Gasteiger partial charge in [-0.25, -0.2) is 9.37 Å². The average Bonchev–Trinajstić information content (AvgIpc) is 2.43. The third-order valence-electron chi connectivity index (χ3n) is 2.56. The first kappa shape index (κ1) is 16.0. The number of anilines is 2. The van der Waals surface area contributed by atoms with Crippen molar-refractivity contribution in [1.82, 2.24) is 4.98 Å². The molecule has 0 unspecified atom stereocenters. The number of nitrogens with zero attached hydrogens (tertiary/aromatic N) is 1. The van der Waals surface area contributed by atoms with Gasteiger partial charge in [-0.05, 0) is 40.2 Å². The van der Waals surface area contributed by atoms with Crippen molar-refractivity contribution < 1.29 is 9.18 Å². The lowest BCUT2D eigenvalue weighted by atomic mass is 10.2. The van der Waals surface area contributed by atoms with E-state index in [9.17, 15) is 9.18 Å². The van der Waals surface area contributed by atoms with Gasteiger partial charge in [0.15, 0.2) is 0 Å². The van der Waals surface area contributed by atoms with E-state index in [2.05, 4.69) is 31.5 Å². The van der Waals surface area contributed by atoms with E-state index in [1.807, 2.05) is 0 Å². The molecule has 0 radical (unpaired) electrons. The second-order valence-electron chi connectivity index (χ2n) is 3.98. The van der Waals surface area contributed by atoms with E-state index in [-0.39, 0.29) is 21.4 Å². The van der Waals surface area contributed by atoms with Crippen LogP contribution < -0.4 is 10.6 Å². The fourth-order valence-electron chi connectivity index (χ4n) is 1.57. The van der Waals surface area contributed by atoms with E-state index in [0.29, 0.717) is 10.3 Å². The first-order valence-electron chi connectivity index (χ1n) is 5.72. The van der Waals surface area contributed by atoms with Crippen molar-refractivity contribution in [1.29, 1.82) is 0 Å². The first-order valence-corrected chi connectivity index (χ1v) is 7.27. The fourth-order valence-corrected chi connectivity index (χ4v) is 2.66. The van der Waals surface area contributed by atoms with Gasteiger partial charge in [0.25, 0.3) is 5.91 Å². The van der Waals surface area contributed by atoms with Gasteiger partial charge in [-0.3, -0.25) is 4.79 Å². The number of nitrogens with one attached hydrogen (secondary N) is 2. The van der Waals surface area contributed by atoms with Crippen LogP contribution in [-0.4, -0.2) is 17.9 Å². The summed E-state index contributed by atoms with van der Waals surface area (Å²) in [5, 5.41) is 5.62. The molecular weight excluding hydrogens is 384 g/mol. The zero-order valence-corrected chi connectivity index (χ0v) is 13.8. The van der Waals surface area contributed by atoms with Crippen LogP contribution in [0.4, 0.5) is 15.9 Å². The normalized spacial score (nSPS) is 10.3. The Kier molecular flexibility index (Phi) is 5.03. The third-order valence-corrected chi connectivity index (χ3v) is 3.79. The second-order valence-corrected chi connectivity index (χ2v) is 5.64. The largest absolute Gasteiger partial charge is 0.373 e. The topological polar surface area (TPSA) is 54.0 Å². The van der Waals surface area contributed by atoms with Gasteiger partial charge in [0.2, 0.25) is 0 Å². The molecule has 1 heterocycles. The molecule has 0 bridgehead atoms. The number of carbonyl (C=O) groups excluding carboxylic acids is 1. The van der Waals surface area contributed by atoms with E-state index >= 15 is 0 Å². The summed E-state index contributed by atoms with van der Waals surface area (Å²) in [6.45, 7) is 0. The molecule has 0 aliphatic carbocycles. The average molecular weight is 393 g/mol. The van der Waals surface area contributed by atoms with Gasteiger partial charge in [0, 0.05) is 11.5 Å². The van der Waals surface area contributed by atoms with Crippen LogP contribution in [0.25, 0.3) is 0 Å². The predicted molar refractivity (Wildman–Crippen MR) is 85.9 cm³/mol. The van der Waals surface area contributed by atoms with Crippen molar-refractivity contribution in [2.45, 2.75) is 0 Å². The summed E-state index contributed by atoms with van der Waals surface area (Å²) in [5.74, 6) is -0.571. The smallest absolute Gasteiger partial charge is 0.275 e. The number of halogens is 4. The predicted octanol–water partition coefficient (Wildman–Crippen LogP) is 4.58. The Balaban J connectivity index is 2.35. The molecule has 0 atom stereocenters. The van der Waals surface area contributed by atoms with Gasteiger partial charge < -0.3 is 10.6 Å². The maximum absolute atomic E-state index is 13.2. The minimum absolute atomic E-state index is 0.0378. The van der Waals surface area contributed by atoms with E-state index in [1.54, 1.807) is 19.2 Å². The molecule has 1 amide bonds. The Bertz CT molecular complexity index is 689. The van der Waals surface area contributed by atoms with Gasteiger partial charge in [-0.15, -0.1) is 0 Å². The van der Waals surface area contributed by atoms with Crippen LogP contribution in [0.2, 0.25) is 10.0 Å². The molecule has 2 N–H and O–H groups in total. The molecule has 0 saturated heterocycles. The van der Waals surface area contributed by atoms with E-state index in [0.717, 1.165) is 6.07 Å². The molecule has 0 saturated carbocycles.